The summed E-state index contributed by atoms with van der Waals surface area (Å²) < 4.78 is 5.20. The van der Waals surface area contributed by atoms with E-state index in [9.17, 15) is 0 Å². The zero-order chi connectivity index (χ0) is 13.0. The van der Waals surface area contributed by atoms with Gasteiger partial charge in [0.25, 0.3) is 0 Å². The van der Waals surface area contributed by atoms with Gasteiger partial charge < -0.3 is 4.74 Å². The SMILES string of the molecule is COCCN(Cc1cccc(Cl)n1)C(C)C1CC1. The summed E-state index contributed by atoms with van der Waals surface area (Å²) in [5.74, 6) is 0.848. The van der Waals surface area contributed by atoms with Gasteiger partial charge in [0.15, 0.2) is 0 Å². The first-order chi connectivity index (χ1) is 8.70. The molecule has 1 fully saturated rings. The van der Waals surface area contributed by atoms with Crippen molar-refractivity contribution in [2.24, 2.45) is 5.92 Å². The maximum Gasteiger partial charge on any atom is 0.129 e. The quantitative estimate of drug-likeness (QED) is 0.711. The van der Waals surface area contributed by atoms with Crippen LogP contribution in [-0.2, 0) is 11.3 Å². The molecule has 2 rings (SSSR count). The lowest BCUT2D eigenvalue weighted by molar-refractivity contribution is 0.110. The minimum atomic E-state index is 0.568. The molecule has 1 aliphatic rings. The molecule has 1 aromatic heterocycles. The highest BCUT2D eigenvalue weighted by Crippen LogP contribution is 2.35. The minimum Gasteiger partial charge on any atom is -0.383 e. The Balaban J connectivity index is 1.99. The van der Waals surface area contributed by atoms with Crippen molar-refractivity contribution in [2.45, 2.75) is 32.4 Å². The number of pyridine rings is 1. The van der Waals surface area contributed by atoms with Gasteiger partial charge in [0.05, 0.1) is 12.3 Å². The minimum absolute atomic E-state index is 0.568. The highest BCUT2D eigenvalue weighted by molar-refractivity contribution is 6.29. The van der Waals surface area contributed by atoms with Crippen molar-refractivity contribution in [3.05, 3.63) is 29.0 Å². The van der Waals surface area contributed by atoms with E-state index in [1.807, 2.05) is 18.2 Å². The van der Waals surface area contributed by atoms with E-state index in [4.69, 9.17) is 16.3 Å². The Labute approximate surface area is 114 Å². The Morgan fingerprint density at radius 2 is 2.28 bits per heavy atom. The zero-order valence-corrected chi connectivity index (χ0v) is 11.9. The Morgan fingerprint density at radius 1 is 1.50 bits per heavy atom. The summed E-state index contributed by atoms with van der Waals surface area (Å²) >= 11 is 5.93. The van der Waals surface area contributed by atoms with Crippen LogP contribution in [0.4, 0.5) is 0 Å². The van der Waals surface area contributed by atoms with Gasteiger partial charge >= 0.3 is 0 Å². The summed E-state index contributed by atoms with van der Waals surface area (Å²) in [6.07, 6.45) is 2.71. The molecule has 100 valence electrons. The maximum absolute atomic E-state index is 5.93. The predicted molar refractivity (Wildman–Crippen MR) is 73.7 cm³/mol. The standard InChI is InChI=1S/C14H21ClN2O/c1-11(12-6-7-12)17(8-9-18-2)10-13-4-3-5-14(15)16-13/h3-5,11-12H,6-10H2,1-2H3. The van der Waals surface area contributed by atoms with Gasteiger partial charge in [-0.2, -0.15) is 0 Å². The monoisotopic (exact) mass is 268 g/mol. The van der Waals surface area contributed by atoms with Crippen molar-refractivity contribution >= 4 is 11.6 Å². The van der Waals surface area contributed by atoms with E-state index >= 15 is 0 Å². The van der Waals surface area contributed by atoms with Crippen molar-refractivity contribution in [1.82, 2.24) is 9.88 Å². The molecule has 0 spiro atoms. The highest BCUT2D eigenvalue weighted by Gasteiger charge is 2.31. The van der Waals surface area contributed by atoms with Crippen LogP contribution in [0.2, 0.25) is 5.15 Å². The summed E-state index contributed by atoms with van der Waals surface area (Å²) in [5, 5.41) is 0.568. The van der Waals surface area contributed by atoms with E-state index < -0.39 is 0 Å². The molecule has 1 saturated carbocycles. The highest BCUT2D eigenvalue weighted by atomic mass is 35.5. The molecule has 0 saturated heterocycles. The van der Waals surface area contributed by atoms with Gasteiger partial charge in [0, 0.05) is 26.2 Å². The lowest BCUT2D eigenvalue weighted by atomic mass is 10.1. The lowest BCUT2D eigenvalue weighted by Gasteiger charge is -2.28. The fourth-order valence-corrected chi connectivity index (χ4v) is 2.44. The van der Waals surface area contributed by atoms with Crippen LogP contribution in [0, 0.1) is 5.92 Å². The second-order valence-electron chi connectivity index (χ2n) is 4.99. The Morgan fingerprint density at radius 3 is 2.89 bits per heavy atom. The van der Waals surface area contributed by atoms with Gasteiger partial charge in [0.2, 0.25) is 0 Å². The van der Waals surface area contributed by atoms with Gasteiger partial charge in [-0.15, -0.1) is 0 Å². The van der Waals surface area contributed by atoms with E-state index in [1.54, 1.807) is 7.11 Å². The second-order valence-corrected chi connectivity index (χ2v) is 5.38. The molecule has 1 heterocycles. The fraction of sp³-hybridized carbons (Fsp3) is 0.643. The molecule has 1 aliphatic carbocycles. The number of nitrogens with zero attached hydrogens (tertiary/aromatic N) is 2. The van der Waals surface area contributed by atoms with E-state index in [1.165, 1.54) is 12.8 Å². The molecule has 1 unspecified atom stereocenters. The van der Waals surface area contributed by atoms with Crippen LogP contribution in [0.15, 0.2) is 18.2 Å². The summed E-state index contributed by atoms with van der Waals surface area (Å²) in [7, 11) is 1.75. The molecular formula is C14H21ClN2O. The van der Waals surface area contributed by atoms with Crippen LogP contribution >= 0.6 is 11.6 Å². The fourth-order valence-electron chi connectivity index (χ4n) is 2.26. The largest absolute Gasteiger partial charge is 0.383 e. The predicted octanol–water partition coefficient (Wildman–Crippen LogP) is 2.98. The molecule has 1 atom stereocenters. The first-order valence-corrected chi connectivity index (χ1v) is 6.93. The normalized spacial score (nSPS) is 17.1. The Bertz CT molecular complexity index is 382. The van der Waals surface area contributed by atoms with E-state index in [2.05, 4.69) is 16.8 Å². The number of rotatable bonds is 7. The van der Waals surface area contributed by atoms with Gasteiger partial charge in [-0.1, -0.05) is 17.7 Å². The summed E-state index contributed by atoms with van der Waals surface area (Å²) in [5.41, 5.74) is 1.03. The first-order valence-electron chi connectivity index (χ1n) is 6.55. The molecule has 0 radical (unpaired) electrons. The van der Waals surface area contributed by atoms with Crippen LogP contribution in [0.1, 0.15) is 25.5 Å². The van der Waals surface area contributed by atoms with Gasteiger partial charge in [0.1, 0.15) is 5.15 Å². The van der Waals surface area contributed by atoms with E-state index in [0.29, 0.717) is 11.2 Å². The molecule has 3 nitrogen and oxygen atoms in total. The van der Waals surface area contributed by atoms with Crippen molar-refractivity contribution < 1.29 is 4.74 Å². The third-order valence-corrected chi connectivity index (χ3v) is 3.81. The Kier molecular flexibility index (Phi) is 4.98. The summed E-state index contributed by atoms with van der Waals surface area (Å²) in [6, 6.07) is 6.40. The van der Waals surface area contributed by atoms with Crippen LogP contribution in [0.3, 0.4) is 0 Å². The molecule has 0 bridgehead atoms. The first kappa shape index (κ1) is 13.8. The van der Waals surface area contributed by atoms with Crippen LogP contribution in [-0.4, -0.2) is 36.2 Å². The molecule has 4 heteroatoms. The average Bonchev–Trinajstić information content (AvgIpc) is 3.18. The topological polar surface area (TPSA) is 25.4 Å². The van der Waals surface area contributed by atoms with E-state index in [-0.39, 0.29) is 0 Å². The third kappa shape index (κ3) is 3.94. The lowest BCUT2D eigenvalue weighted by Crippen LogP contribution is -2.36. The van der Waals surface area contributed by atoms with Gasteiger partial charge in [-0.05, 0) is 37.8 Å². The third-order valence-electron chi connectivity index (χ3n) is 3.60. The molecular weight excluding hydrogens is 248 g/mol. The second kappa shape index (κ2) is 6.50. The van der Waals surface area contributed by atoms with Crippen molar-refractivity contribution in [3.63, 3.8) is 0 Å². The van der Waals surface area contributed by atoms with Crippen molar-refractivity contribution in [2.75, 3.05) is 20.3 Å². The van der Waals surface area contributed by atoms with Gasteiger partial charge in [-0.25, -0.2) is 4.98 Å². The van der Waals surface area contributed by atoms with Crippen LogP contribution in [0.25, 0.3) is 0 Å². The van der Waals surface area contributed by atoms with Crippen molar-refractivity contribution in [3.8, 4) is 0 Å². The summed E-state index contributed by atoms with van der Waals surface area (Å²) in [6.45, 7) is 4.86. The number of halogens is 1. The van der Waals surface area contributed by atoms with E-state index in [0.717, 1.165) is 31.3 Å². The summed E-state index contributed by atoms with van der Waals surface area (Å²) in [4.78, 5) is 6.81. The number of hydrogen-bond donors (Lipinski definition) is 0. The smallest absolute Gasteiger partial charge is 0.129 e. The van der Waals surface area contributed by atoms with Crippen molar-refractivity contribution in [1.29, 1.82) is 0 Å². The maximum atomic E-state index is 5.93. The number of methoxy groups -OCH3 is 1. The molecule has 0 aromatic carbocycles. The number of ether oxygens (including phenoxy) is 1. The van der Waals surface area contributed by atoms with Crippen LogP contribution < -0.4 is 0 Å². The Hall–Kier alpha value is -0.640. The van der Waals surface area contributed by atoms with Gasteiger partial charge in [-0.3, -0.25) is 4.90 Å². The number of hydrogen-bond acceptors (Lipinski definition) is 3. The molecule has 0 aliphatic heterocycles. The molecule has 18 heavy (non-hydrogen) atoms. The number of aromatic nitrogens is 1. The molecule has 0 amide bonds. The zero-order valence-electron chi connectivity index (χ0n) is 11.1. The molecule has 1 aromatic rings. The molecule has 0 N–H and O–H groups in total. The average molecular weight is 269 g/mol. The van der Waals surface area contributed by atoms with Crippen LogP contribution in [0.5, 0.6) is 0 Å².